The summed E-state index contributed by atoms with van der Waals surface area (Å²) < 4.78 is 16.7. The average Bonchev–Trinajstić information content (AvgIpc) is 2.77. The van der Waals surface area contributed by atoms with Gasteiger partial charge in [-0.1, -0.05) is 6.07 Å². The number of hydrogen-bond donors (Lipinski definition) is 1. The van der Waals surface area contributed by atoms with Crippen LogP contribution >= 0.6 is 0 Å². The average molecular weight is 278 g/mol. The molecule has 1 unspecified atom stereocenters. The molecule has 0 aromatic heterocycles. The molecule has 1 fully saturated rings. The Hall–Kier alpha value is -1.30. The fourth-order valence-corrected chi connectivity index (χ4v) is 2.84. The first-order valence-electron chi connectivity index (χ1n) is 7.30. The Balaban J connectivity index is 1.81. The maximum absolute atomic E-state index is 6.01. The van der Waals surface area contributed by atoms with Crippen molar-refractivity contribution >= 4 is 0 Å². The van der Waals surface area contributed by atoms with E-state index in [1.807, 2.05) is 6.07 Å². The van der Waals surface area contributed by atoms with E-state index in [9.17, 15) is 0 Å². The smallest absolute Gasteiger partial charge is 0.161 e. The molecular weight excluding hydrogens is 256 g/mol. The number of nitrogens with zero attached hydrogens (tertiary/aromatic N) is 1. The summed E-state index contributed by atoms with van der Waals surface area (Å²) in [5, 5.41) is 0. The summed E-state index contributed by atoms with van der Waals surface area (Å²) in [6, 6.07) is 6.36. The van der Waals surface area contributed by atoms with Gasteiger partial charge in [-0.2, -0.15) is 0 Å². The first-order valence-corrected chi connectivity index (χ1v) is 7.30. The number of benzene rings is 1. The van der Waals surface area contributed by atoms with Crippen LogP contribution in [-0.4, -0.2) is 51.0 Å². The third-order valence-electron chi connectivity index (χ3n) is 3.87. The fourth-order valence-electron chi connectivity index (χ4n) is 2.84. The van der Waals surface area contributed by atoms with Crippen molar-refractivity contribution in [1.82, 2.24) is 4.90 Å². The minimum absolute atomic E-state index is 0.215. The van der Waals surface area contributed by atoms with Crippen molar-refractivity contribution in [2.75, 3.05) is 46.1 Å². The van der Waals surface area contributed by atoms with Gasteiger partial charge in [-0.3, -0.25) is 4.90 Å². The van der Waals surface area contributed by atoms with Crippen LogP contribution in [0.15, 0.2) is 18.2 Å². The van der Waals surface area contributed by atoms with Gasteiger partial charge in [0.05, 0.1) is 6.61 Å². The first-order chi connectivity index (χ1) is 9.88. The van der Waals surface area contributed by atoms with E-state index in [0.29, 0.717) is 19.8 Å². The van der Waals surface area contributed by atoms with Gasteiger partial charge in [0.15, 0.2) is 11.5 Å². The quantitative estimate of drug-likeness (QED) is 0.900. The van der Waals surface area contributed by atoms with E-state index in [2.05, 4.69) is 17.0 Å². The Morgan fingerprint density at radius 1 is 1.05 bits per heavy atom. The Morgan fingerprint density at radius 3 is 2.75 bits per heavy atom. The molecule has 1 aromatic rings. The molecule has 2 N–H and O–H groups in total. The highest BCUT2D eigenvalue weighted by Crippen LogP contribution is 2.34. The normalized spacial score (nSPS) is 21.2. The van der Waals surface area contributed by atoms with Gasteiger partial charge in [0.25, 0.3) is 0 Å². The number of rotatable bonds is 3. The van der Waals surface area contributed by atoms with Gasteiger partial charge < -0.3 is 19.9 Å². The largest absolute Gasteiger partial charge is 0.486 e. The van der Waals surface area contributed by atoms with Crippen LogP contribution in [0.2, 0.25) is 0 Å². The van der Waals surface area contributed by atoms with Crippen LogP contribution in [0.3, 0.4) is 0 Å². The number of nitrogens with two attached hydrogens (primary N) is 1. The first kappa shape index (κ1) is 13.7. The van der Waals surface area contributed by atoms with Crippen molar-refractivity contribution in [3.8, 4) is 11.5 Å². The zero-order valence-electron chi connectivity index (χ0n) is 11.7. The molecule has 2 aliphatic rings. The van der Waals surface area contributed by atoms with Crippen molar-refractivity contribution in [3.63, 3.8) is 0 Å². The zero-order chi connectivity index (χ0) is 13.8. The lowest BCUT2D eigenvalue weighted by molar-refractivity contribution is 0.132. The van der Waals surface area contributed by atoms with Gasteiger partial charge >= 0.3 is 0 Å². The van der Waals surface area contributed by atoms with Crippen LogP contribution in [0.25, 0.3) is 0 Å². The summed E-state index contributed by atoms with van der Waals surface area (Å²) >= 11 is 0. The van der Waals surface area contributed by atoms with E-state index >= 15 is 0 Å². The van der Waals surface area contributed by atoms with Crippen molar-refractivity contribution in [2.24, 2.45) is 5.73 Å². The Labute approximate surface area is 119 Å². The second kappa shape index (κ2) is 6.43. The standard InChI is InChI=1S/C15H22N2O3/c16-11-13(17-4-1-6-18-7-5-17)12-2-3-14-15(10-12)20-9-8-19-14/h2-3,10,13H,1,4-9,11,16H2. The molecule has 0 spiro atoms. The zero-order valence-corrected chi connectivity index (χ0v) is 11.7. The highest BCUT2D eigenvalue weighted by atomic mass is 16.6. The summed E-state index contributed by atoms with van der Waals surface area (Å²) in [5.74, 6) is 1.66. The molecule has 2 aliphatic heterocycles. The fraction of sp³-hybridized carbons (Fsp3) is 0.600. The van der Waals surface area contributed by atoms with Gasteiger partial charge in [-0.05, 0) is 24.1 Å². The maximum atomic E-state index is 6.01. The van der Waals surface area contributed by atoms with Crippen LogP contribution in [0.5, 0.6) is 11.5 Å². The van der Waals surface area contributed by atoms with E-state index in [1.54, 1.807) is 0 Å². The number of ether oxygens (including phenoxy) is 3. The lowest BCUT2D eigenvalue weighted by atomic mass is 10.0. The Bertz CT molecular complexity index is 445. The molecule has 3 rings (SSSR count). The van der Waals surface area contributed by atoms with Crippen molar-refractivity contribution < 1.29 is 14.2 Å². The second-order valence-corrected chi connectivity index (χ2v) is 5.16. The minimum atomic E-state index is 0.215. The van der Waals surface area contributed by atoms with Crippen LogP contribution in [0.1, 0.15) is 18.0 Å². The lowest BCUT2D eigenvalue weighted by Gasteiger charge is -2.30. The summed E-state index contributed by atoms with van der Waals surface area (Å²) in [5.41, 5.74) is 7.20. The van der Waals surface area contributed by atoms with E-state index < -0.39 is 0 Å². The maximum Gasteiger partial charge on any atom is 0.161 e. The van der Waals surface area contributed by atoms with E-state index in [0.717, 1.165) is 44.2 Å². The van der Waals surface area contributed by atoms with Gasteiger partial charge in [-0.15, -0.1) is 0 Å². The predicted octanol–water partition coefficient (Wildman–Crippen LogP) is 1.18. The molecule has 1 aromatic carbocycles. The lowest BCUT2D eigenvalue weighted by Crippen LogP contribution is -2.35. The molecule has 2 heterocycles. The van der Waals surface area contributed by atoms with Crippen molar-refractivity contribution in [1.29, 1.82) is 0 Å². The summed E-state index contributed by atoms with van der Waals surface area (Å²) in [6.07, 6.45) is 1.06. The predicted molar refractivity (Wildman–Crippen MR) is 76.2 cm³/mol. The van der Waals surface area contributed by atoms with Gasteiger partial charge in [0, 0.05) is 32.3 Å². The highest BCUT2D eigenvalue weighted by molar-refractivity contribution is 5.44. The molecular formula is C15H22N2O3. The van der Waals surface area contributed by atoms with Crippen molar-refractivity contribution in [3.05, 3.63) is 23.8 Å². The highest BCUT2D eigenvalue weighted by Gasteiger charge is 2.22. The molecule has 20 heavy (non-hydrogen) atoms. The Morgan fingerprint density at radius 2 is 1.90 bits per heavy atom. The van der Waals surface area contributed by atoms with E-state index in [4.69, 9.17) is 19.9 Å². The monoisotopic (exact) mass is 278 g/mol. The molecule has 110 valence electrons. The molecule has 0 amide bonds. The molecule has 0 aliphatic carbocycles. The third-order valence-corrected chi connectivity index (χ3v) is 3.87. The van der Waals surface area contributed by atoms with Crippen LogP contribution < -0.4 is 15.2 Å². The van der Waals surface area contributed by atoms with Gasteiger partial charge in [0.1, 0.15) is 13.2 Å². The molecule has 5 nitrogen and oxygen atoms in total. The SMILES string of the molecule is NCC(c1ccc2c(c1)OCCO2)N1CCCOCC1. The molecule has 0 radical (unpaired) electrons. The van der Waals surface area contributed by atoms with E-state index in [1.165, 1.54) is 5.56 Å². The second-order valence-electron chi connectivity index (χ2n) is 5.16. The molecule has 0 bridgehead atoms. The van der Waals surface area contributed by atoms with E-state index in [-0.39, 0.29) is 6.04 Å². The minimum Gasteiger partial charge on any atom is -0.486 e. The molecule has 0 saturated carbocycles. The van der Waals surface area contributed by atoms with Gasteiger partial charge in [0.2, 0.25) is 0 Å². The van der Waals surface area contributed by atoms with Crippen LogP contribution in [0, 0.1) is 0 Å². The van der Waals surface area contributed by atoms with Gasteiger partial charge in [-0.25, -0.2) is 0 Å². The van der Waals surface area contributed by atoms with Crippen LogP contribution in [0.4, 0.5) is 0 Å². The number of hydrogen-bond acceptors (Lipinski definition) is 5. The van der Waals surface area contributed by atoms with Crippen LogP contribution in [-0.2, 0) is 4.74 Å². The Kier molecular flexibility index (Phi) is 4.40. The summed E-state index contributed by atoms with van der Waals surface area (Å²) in [6.45, 7) is 5.40. The third kappa shape index (κ3) is 2.90. The molecule has 5 heteroatoms. The summed E-state index contributed by atoms with van der Waals surface area (Å²) in [4.78, 5) is 2.40. The summed E-state index contributed by atoms with van der Waals surface area (Å²) in [7, 11) is 0. The molecule has 1 atom stereocenters. The topological polar surface area (TPSA) is 57.0 Å². The number of fused-ring (bicyclic) bond motifs is 1. The molecule has 1 saturated heterocycles. The van der Waals surface area contributed by atoms with Crippen molar-refractivity contribution in [2.45, 2.75) is 12.5 Å².